The summed E-state index contributed by atoms with van der Waals surface area (Å²) in [5.41, 5.74) is -1.68. The van der Waals surface area contributed by atoms with Gasteiger partial charge in [-0.1, -0.05) is 0 Å². The molecule has 0 aliphatic heterocycles. The summed E-state index contributed by atoms with van der Waals surface area (Å²) >= 11 is 0. The summed E-state index contributed by atoms with van der Waals surface area (Å²) in [6, 6.07) is 3.34. The zero-order valence-corrected chi connectivity index (χ0v) is 16.3. The van der Waals surface area contributed by atoms with Crippen molar-refractivity contribution in [2.24, 2.45) is 0 Å². The first-order valence-electron chi connectivity index (χ1n) is 8.86. The second kappa shape index (κ2) is 7.81. The predicted octanol–water partition coefficient (Wildman–Crippen LogP) is 3.77. The number of hydrogen-bond acceptors (Lipinski definition) is 5. The van der Waals surface area contributed by atoms with Crippen molar-refractivity contribution >= 4 is 5.91 Å². The highest BCUT2D eigenvalue weighted by molar-refractivity contribution is 5.94. The molecule has 0 fully saturated rings. The number of carbonyl (C=O) groups excluding carboxylic acids is 1. The Morgan fingerprint density at radius 1 is 1.00 bits per heavy atom. The van der Waals surface area contributed by atoms with E-state index in [1.165, 1.54) is 23.4 Å². The normalized spacial score (nSPS) is 13.2. The van der Waals surface area contributed by atoms with Crippen LogP contribution in [0.5, 0.6) is 0 Å². The molecule has 2 aromatic heterocycles. The van der Waals surface area contributed by atoms with E-state index in [0.29, 0.717) is 19.9 Å². The number of aromatic nitrogens is 5. The Kier molecular flexibility index (Phi) is 5.55. The lowest BCUT2D eigenvalue weighted by atomic mass is 9.98. The summed E-state index contributed by atoms with van der Waals surface area (Å²) in [5, 5.41) is 6.57. The number of benzene rings is 1. The number of nitrogens with zero attached hydrogens (tertiary/aromatic N) is 5. The van der Waals surface area contributed by atoms with Crippen molar-refractivity contribution in [2.45, 2.75) is 38.7 Å². The number of carbonyl (C=O) groups is 1. The lowest BCUT2D eigenvalue weighted by molar-refractivity contribution is 0.0105. The lowest BCUT2D eigenvalue weighted by Crippen LogP contribution is -2.29. The molecular weight excluding hydrogens is 404 g/mol. The Morgan fingerprint density at radius 2 is 1.57 bits per heavy atom. The van der Waals surface area contributed by atoms with Gasteiger partial charge >= 0.3 is 0 Å². The molecule has 0 aliphatic rings. The molecule has 0 saturated heterocycles. The molecule has 0 saturated carbocycles. The van der Waals surface area contributed by atoms with Crippen LogP contribution in [0, 0.1) is 0 Å². The van der Waals surface area contributed by atoms with Gasteiger partial charge < -0.3 is 5.32 Å². The molecule has 11 heteroatoms. The van der Waals surface area contributed by atoms with E-state index in [2.05, 4.69) is 25.4 Å². The van der Waals surface area contributed by atoms with Gasteiger partial charge in [0.2, 0.25) is 0 Å². The van der Waals surface area contributed by atoms with E-state index in [9.17, 15) is 22.4 Å². The van der Waals surface area contributed by atoms with E-state index in [4.69, 9.17) is 0 Å². The highest BCUT2D eigenvalue weighted by atomic mass is 19.3. The second-order valence-electron chi connectivity index (χ2n) is 6.85. The number of hydrogen-bond donors (Lipinski definition) is 1. The van der Waals surface area contributed by atoms with Crippen molar-refractivity contribution < 1.29 is 22.4 Å². The zero-order chi connectivity index (χ0) is 22.1. The molecule has 3 rings (SSSR count). The van der Waals surface area contributed by atoms with Gasteiger partial charge in [0, 0.05) is 42.9 Å². The molecule has 30 heavy (non-hydrogen) atoms. The third kappa shape index (κ3) is 4.61. The van der Waals surface area contributed by atoms with E-state index in [1.54, 1.807) is 13.0 Å². The minimum atomic E-state index is -3.40. The Labute approximate surface area is 169 Å². The minimum Gasteiger partial charge on any atom is -0.342 e. The van der Waals surface area contributed by atoms with E-state index in [1.807, 2.05) is 0 Å². The van der Waals surface area contributed by atoms with Gasteiger partial charge in [0.05, 0.1) is 6.04 Å². The maximum absolute atomic E-state index is 13.8. The van der Waals surface area contributed by atoms with Crippen LogP contribution in [-0.4, -0.2) is 30.6 Å². The largest absolute Gasteiger partial charge is 0.342 e. The van der Waals surface area contributed by atoms with Crippen LogP contribution in [-0.2, 0) is 11.8 Å². The molecule has 2 heterocycles. The molecule has 0 aliphatic carbocycles. The molecule has 1 unspecified atom stereocenters. The van der Waals surface area contributed by atoms with E-state index >= 15 is 0 Å². The second-order valence-corrected chi connectivity index (χ2v) is 6.85. The maximum Gasteiger partial charge on any atom is 0.270 e. The van der Waals surface area contributed by atoms with Crippen molar-refractivity contribution in [3.05, 3.63) is 65.5 Å². The molecule has 1 aromatic carbocycles. The van der Waals surface area contributed by atoms with Gasteiger partial charge in [0.25, 0.3) is 23.7 Å². The molecular formula is C19H18F4N6O. The van der Waals surface area contributed by atoms with E-state index in [0.717, 1.165) is 12.1 Å². The number of rotatable bonds is 6. The predicted molar refractivity (Wildman–Crippen MR) is 98.4 cm³/mol. The molecule has 0 spiro atoms. The van der Waals surface area contributed by atoms with Crippen LogP contribution in [0.2, 0.25) is 0 Å². The summed E-state index contributed by atoms with van der Waals surface area (Å²) in [7, 11) is 0. The quantitative estimate of drug-likeness (QED) is 0.612. The first-order valence-corrected chi connectivity index (χ1v) is 8.86. The number of amides is 1. The molecule has 1 N–H and O–H groups in total. The van der Waals surface area contributed by atoms with Crippen molar-refractivity contribution in [1.82, 2.24) is 30.0 Å². The SMILES string of the molecule is CC(NC(=O)c1cc(C(C)(F)F)cc(C(C)(F)F)c1)c1ncnn1-c1ncccn1. The first-order chi connectivity index (χ1) is 14.0. The summed E-state index contributed by atoms with van der Waals surface area (Å²) in [6.07, 6.45) is 4.24. The van der Waals surface area contributed by atoms with Crippen molar-refractivity contribution in [1.29, 1.82) is 0 Å². The molecule has 0 bridgehead atoms. The van der Waals surface area contributed by atoms with Crippen LogP contribution in [0.25, 0.3) is 5.95 Å². The van der Waals surface area contributed by atoms with Crippen molar-refractivity contribution in [2.75, 3.05) is 0 Å². The summed E-state index contributed by atoms with van der Waals surface area (Å²) in [6.45, 7) is 2.73. The summed E-state index contributed by atoms with van der Waals surface area (Å²) in [4.78, 5) is 24.8. The highest BCUT2D eigenvalue weighted by Crippen LogP contribution is 2.34. The molecule has 1 atom stereocenters. The van der Waals surface area contributed by atoms with Gasteiger partial charge in [-0.25, -0.2) is 32.5 Å². The molecule has 1 amide bonds. The monoisotopic (exact) mass is 422 g/mol. The van der Waals surface area contributed by atoms with Gasteiger partial charge in [0.15, 0.2) is 5.82 Å². The number of alkyl halides is 4. The Morgan fingerprint density at radius 3 is 2.10 bits per heavy atom. The number of nitrogens with one attached hydrogen (secondary N) is 1. The van der Waals surface area contributed by atoms with Gasteiger partial charge in [-0.05, 0) is 31.2 Å². The molecule has 158 valence electrons. The van der Waals surface area contributed by atoms with E-state index in [-0.39, 0.29) is 17.3 Å². The Hall–Kier alpha value is -3.37. The topological polar surface area (TPSA) is 85.6 Å². The van der Waals surface area contributed by atoms with Gasteiger partial charge in [0.1, 0.15) is 6.33 Å². The molecule has 7 nitrogen and oxygen atoms in total. The van der Waals surface area contributed by atoms with Crippen LogP contribution in [0.3, 0.4) is 0 Å². The van der Waals surface area contributed by atoms with Crippen LogP contribution < -0.4 is 5.32 Å². The smallest absolute Gasteiger partial charge is 0.270 e. The van der Waals surface area contributed by atoms with E-state index < -0.39 is 34.9 Å². The maximum atomic E-state index is 13.8. The molecule has 0 radical (unpaired) electrons. The van der Waals surface area contributed by atoms with Crippen LogP contribution >= 0.6 is 0 Å². The van der Waals surface area contributed by atoms with Crippen LogP contribution in [0.15, 0.2) is 43.0 Å². The number of halogens is 4. The van der Waals surface area contributed by atoms with Gasteiger partial charge in [-0.3, -0.25) is 4.79 Å². The Balaban J connectivity index is 1.91. The lowest BCUT2D eigenvalue weighted by Gasteiger charge is -2.19. The fourth-order valence-corrected chi connectivity index (χ4v) is 2.71. The standard InChI is InChI=1S/C19H18F4N6O/c1-11(15-26-10-27-29(15)17-24-5-4-6-25-17)28-16(30)12-7-13(18(2,20)21)9-14(8-12)19(3,22)23/h4-11H,1-3H3,(H,28,30). The zero-order valence-electron chi connectivity index (χ0n) is 16.3. The van der Waals surface area contributed by atoms with Crippen molar-refractivity contribution in [3.63, 3.8) is 0 Å². The fraction of sp³-hybridized carbons (Fsp3) is 0.316. The summed E-state index contributed by atoms with van der Waals surface area (Å²) < 4.78 is 56.4. The highest BCUT2D eigenvalue weighted by Gasteiger charge is 2.32. The van der Waals surface area contributed by atoms with Crippen LogP contribution in [0.4, 0.5) is 17.6 Å². The third-order valence-electron chi connectivity index (χ3n) is 4.26. The van der Waals surface area contributed by atoms with Crippen LogP contribution in [0.1, 0.15) is 54.1 Å². The first kappa shape index (κ1) is 21.3. The fourth-order valence-electron chi connectivity index (χ4n) is 2.71. The average molecular weight is 422 g/mol. The van der Waals surface area contributed by atoms with Gasteiger partial charge in [-0.15, -0.1) is 0 Å². The molecule has 3 aromatic rings. The van der Waals surface area contributed by atoms with Gasteiger partial charge in [-0.2, -0.15) is 9.78 Å². The Bertz CT molecular complexity index is 1010. The third-order valence-corrected chi connectivity index (χ3v) is 4.26. The van der Waals surface area contributed by atoms with Crippen molar-refractivity contribution in [3.8, 4) is 5.95 Å². The minimum absolute atomic E-state index is 0.214. The average Bonchev–Trinajstić information content (AvgIpc) is 3.17. The summed E-state index contributed by atoms with van der Waals surface area (Å²) in [5.74, 6) is -7.12.